The summed E-state index contributed by atoms with van der Waals surface area (Å²) < 4.78 is 37.4. The molecule has 0 saturated heterocycles. The summed E-state index contributed by atoms with van der Waals surface area (Å²) in [5.74, 6) is 0.560. The Morgan fingerprint density at radius 3 is 2.29 bits per heavy atom. The molecule has 0 atom stereocenters. The van der Waals surface area contributed by atoms with Crippen molar-refractivity contribution in [1.82, 2.24) is 0 Å². The van der Waals surface area contributed by atoms with E-state index in [0.29, 0.717) is 28.3 Å². The predicted molar refractivity (Wildman–Crippen MR) is 107 cm³/mol. The zero-order chi connectivity index (χ0) is 19.9. The Labute approximate surface area is 162 Å². The van der Waals surface area contributed by atoms with Crippen molar-refractivity contribution in [2.45, 2.75) is 4.90 Å². The van der Waals surface area contributed by atoms with E-state index < -0.39 is 15.9 Å². The van der Waals surface area contributed by atoms with E-state index in [4.69, 9.17) is 9.47 Å². The number of methoxy groups -OCH3 is 2. The third-order valence-electron chi connectivity index (χ3n) is 4.60. The van der Waals surface area contributed by atoms with E-state index in [1.165, 1.54) is 14.2 Å². The third-order valence-corrected chi connectivity index (χ3v) is 6.41. The van der Waals surface area contributed by atoms with E-state index in [0.717, 1.165) is 9.69 Å². The number of hydrogen-bond donors (Lipinski definition) is 1. The molecule has 0 aromatic heterocycles. The molecule has 1 heterocycles. The molecule has 0 spiro atoms. The van der Waals surface area contributed by atoms with E-state index >= 15 is 0 Å². The molecule has 3 aromatic carbocycles. The zero-order valence-electron chi connectivity index (χ0n) is 15.3. The molecule has 4 rings (SSSR count). The van der Waals surface area contributed by atoms with Crippen molar-refractivity contribution in [2.75, 3.05) is 30.4 Å². The van der Waals surface area contributed by atoms with E-state index in [9.17, 15) is 13.2 Å². The number of rotatable bonds is 5. The van der Waals surface area contributed by atoms with Gasteiger partial charge >= 0.3 is 0 Å². The van der Waals surface area contributed by atoms with Crippen LogP contribution in [0, 0.1) is 0 Å². The maximum Gasteiger partial charge on any atom is 0.265 e. The molecule has 7 nitrogen and oxygen atoms in total. The van der Waals surface area contributed by atoms with Gasteiger partial charge in [0.15, 0.2) is 0 Å². The Morgan fingerprint density at radius 1 is 1.00 bits per heavy atom. The van der Waals surface area contributed by atoms with Gasteiger partial charge in [0.25, 0.3) is 10.0 Å². The first kappa shape index (κ1) is 18.1. The lowest BCUT2D eigenvalue weighted by Gasteiger charge is -2.18. The van der Waals surface area contributed by atoms with Crippen LogP contribution in [0.5, 0.6) is 11.5 Å². The van der Waals surface area contributed by atoms with Gasteiger partial charge < -0.3 is 14.8 Å². The van der Waals surface area contributed by atoms with Crippen molar-refractivity contribution in [1.29, 1.82) is 0 Å². The molecular formula is C20H18N2O5S. The van der Waals surface area contributed by atoms with Crippen molar-refractivity contribution in [2.24, 2.45) is 0 Å². The number of carbonyl (C=O) groups is 1. The average Bonchev–Trinajstić information content (AvgIpc) is 2.91. The smallest absolute Gasteiger partial charge is 0.265 e. The van der Waals surface area contributed by atoms with Gasteiger partial charge in [0.1, 0.15) is 18.0 Å². The highest BCUT2D eigenvalue weighted by atomic mass is 32.2. The van der Waals surface area contributed by atoms with Gasteiger partial charge in [0.05, 0.1) is 24.8 Å². The summed E-state index contributed by atoms with van der Waals surface area (Å²) in [6.45, 7) is -0.338. The molecule has 8 heteroatoms. The Balaban J connectivity index is 1.64. The molecule has 3 aromatic rings. The Kier molecular flexibility index (Phi) is 4.35. The number of benzene rings is 3. The monoisotopic (exact) mass is 398 g/mol. The normalized spacial score (nSPS) is 14.1. The molecule has 1 aliphatic heterocycles. The number of anilines is 2. The van der Waals surface area contributed by atoms with Crippen molar-refractivity contribution in [3.8, 4) is 11.5 Å². The third kappa shape index (κ3) is 2.91. The molecule has 144 valence electrons. The number of nitrogens with one attached hydrogen (secondary N) is 1. The van der Waals surface area contributed by atoms with Gasteiger partial charge in [0, 0.05) is 29.3 Å². The summed E-state index contributed by atoms with van der Waals surface area (Å²) in [4.78, 5) is 12.8. The van der Waals surface area contributed by atoms with Crippen molar-refractivity contribution in [3.63, 3.8) is 0 Å². The number of hydrogen-bond acceptors (Lipinski definition) is 5. The van der Waals surface area contributed by atoms with E-state index in [2.05, 4.69) is 5.32 Å². The van der Waals surface area contributed by atoms with Crippen LogP contribution in [-0.4, -0.2) is 35.1 Å². The molecule has 0 radical (unpaired) electrons. The van der Waals surface area contributed by atoms with Gasteiger partial charge in [-0.25, -0.2) is 8.42 Å². The van der Waals surface area contributed by atoms with Gasteiger partial charge in [-0.3, -0.25) is 9.10 Å². The van der Waals surface area contributed by atoms with Crippen LogP contribution in [0.2, 0.25) is 0 Å². The van der Waals surface area contributed by atoms with Crippen LogP contribution in [0.15, 0.2) is 59.5 Å². The topological polar surface area (TPSA) is 84.9 Å². The molecule has 1 N–H and O–H groups in total. The SMILES string of the molecule is COc1cc(NC(=O)CN2c3cccc4cccc(c34)S2(=O)=O)cc(OC)c1. The van der Waals surface area contributed by atoms with Crippen molar-refractivity contribution < 1.29 is 22.7 Å². The van der Waals surface area contributed by atoms with Crippen molar-refractivity contribution in [3.05, 3.63) is 54.6 Å². The Bertz CT molecular complexity index is 1160. The minimum Gasteiger partial charge on any atom is -0.497 e. The maximum atomic E-state index is 13.0. The average molecular weight is 398 g/mol. The van der Waals surface area contributed by atoms with E-state index in [-0.39, 0.29) is 11.4 Å². The van der Waals surface area contributed by atoms with Gasteiger partial charge in [-0.15, -0.1) is 0 Å². The predicted octanol–water partition coefficient (Wildman–Crippen LogP) is 3.00. The summed E-state index contributed by atoms with van der Waals surface area (Å²) in [7, 11) is -0.770. The van der Waals surface area contributed by atoms with Gasteiger partial charge in [-0.2, -0.15) is 0 Å². The summed E-state index contributed by atoms with van der Waals surface area (Å²) in [5, 5.41) is 4.17. The minimum absolute atomic E-state index is 0.219. The molecule has 0 unspecified atom stereocenters. The van der Waals surface area contributed by atoms with Crippen LogP contribution < -0.4 is 19.1 Å². The zero-order valence-corrected chi connectivity index (χ0v) is 16.1. The highest BCUT2D eigenvalue weighted by Gasteiger charge is 2.36. The molecular weight excluding hydrogens is 380 g/mol. The number of nitrogens with zero attached hydrogens (tertiary/aromatic N) is 1. The number of sulfonamides is 1. The second kappa shape index (κ2) is 6.72. The van der Waals surface area contributed by atoms with Crippen LogP contribution in [-0.2, 0) is 14.8 Å². The second-order valence-electron chi connectivity index (χ2n) is 6.29. The molecule has 0 bridgehead atoms. The number of carbonyl (C=O) groups excluding carboxylic acids is 1. The van der Waals surface area contributed by atoms with Gasteiger partial charge in [0.2, 0.25) is 5.91 Å². The quantitative estimate of drug-likeness (QED) is 0.714. The summed E-state index contributed by atoms with van der Waals surface area (Å²) in [6.07, 6.45) is 0. The highest BCUT2D eigenvalue weighted by molar-refractivity contribution is 7.93. The molecule has 1 aliphatic rings. The van der Waals surface area contributed by atoms with Crippen LogP contribution in [0.3, 0.4) is 0 Å². The van der Waals surface area contributed by atoms with Crippen LogP contribution in [0.4, 0.5) is 11.4 Å². The lowest BCUT2D eigenvalue weighted by Crippen LogP contribution is -2.35. The van der Waals surface area contributed by atoms with Crippen LogP contribution in [0.25, 0.3) is 10.8 Å². The second-order valence-corrected chi connectivity index (χ2v) is 8.12. The van der Waals surface area contributed by atoms with Gasteiger partial charge in [-0.1, -0.05) is 24.3 Å². The largest absolute Gasteiger partial charge is 0.497 e. The van der Waals surface area contributed by atoms with Gasteiger partial charge in [-0.05, 0) is 17.5 Å². The first-order chi connectivity index (χ1) is 13.4. The first-order valence-corrected chi connectivity index (χ1v) is 9.95. The highest BCUT2D eigenvalue weighted by Crippen LogP contribution is 2.41. The molecule has 1 amide bonds. The summed E-state index contributed by atoms with van der Waals surface area (Å²) >= 11 is 0. The lowest BCUT2D eigenvalue weighted by atomic mass is 10.1. The fourth-order valence-electron chi connectivity index (χ4n) is 3.34. The molecule has 28 heavy (non-hydrogen) atoms. The van der Waals surface area contributed by atoms with E-state index in [1.807, 2.05) is 12.1 Å². The maximum absolute atomic E-state index is 13.0. The van der Waals surface area contributed by atoms with Crippen molar-refractivity contribution >= 4 is 38.1 Å². The summed E-state index contributed by atoms with van der Waals surface area (Å²) in [5.41, 5.74) is 0.958. The Morgan fingerprint density at radius 2 is 1.64 bits per heavy atom. The number of amides is 1. The molecule has 0 fully saturated rings. The van der Waals surface area contributed by atoms with Crippen LogP contribution in [0.1, 0.15) is 0 Å². The van der Waals surface area contributed by atoms with E-state index in [1.54, 1.807) is 42.5 Å². The molecule has 0 saturated carbocycles. The fourth-order valence-corrected chi connectivity index (χ4v) is 5.01. The lowest BCUT2D eigenvalue weighted by molar-refractivity contribution is -0.114. The first-order valence-electron chi connectivity index (χ1n) is 8.51. The fraction of sp³-hybridized carbons (Fsp3) is 0.150. The standard InChI is InChI=1S/C20H18N2O5S/c1-26-15-9-14(10-16(11-15)27-2)21-19(23)12-22-17-7-3-5-13-6-4-8-18(20(13)17)28(22,24)25/h3-11H,12H2,1-2H3,(H,21,23). The summed E-state index contributed by atoms with van der Waals surface area (Å²) in [6, 6.07) is 15.4. The number of ether oxygens (including phenoxy) is 2. The Hall–Kier alpha value is -3.26. The van der Waals surface area contributed by atoms with Crippen LogP contribution >= 0.6 is 0 Å². The molecule has 0 aliphatic carbocycles. The minimum atomic E-state index is -3.79.